The number of carbonyl (C=O) groups is 2. The largest absolute Gasteiger partial charge is 0.368 e. The number of H-pyrrole nitrogens is 1. The Labute approximate surface area is 193 Å². The number of fused-ring (bicyclic) bond motifs is 3. The number of nitrogens with one attached hydrogen (secondary N) is 1. The molecule has 0 aliphatic carbocycles. The lowest BCUT2D eigenvalue weighted by Gasteiger charge is -2.36. The van der Waals surface area contributed by atoms with E-state index in [1.807, 2.05) is 28.0 Å². The third kappa shape index (κ3) is 4.58. The molecule has 1 saturated heterocycles. The third-order valence-corrected chi connectivity index (χ3v) is 6.82. The van der Waals surface area contributed by atoms with Crippen molar-refractivity contribution in [1.29, 1.82) is 0 Å². The van der Waals surface area contributed by atoms with Crippen LogP contribution in [-0.4, -0.2) is 59.3 Å². The van der Waals surface area contributed by atoms with Gasteiger partial charge in [-0.3, -0.25) is 9.59 Å². The molecule has 172 valence electrons. The van der Waals surface area contributed by atoms with Crippen molar-refractivity contribution >= 4 is 28.4 Å². The summed E-state index contributed by atoms with van der Waals surface area (Å²) in [6.07, 6.45) is 2.13. The van der Waals surface area contributed by atoms with Crippen LogP contribution in [0.1, 0.15) is 30.5 Å². The van der Waals surface area contributed by atoms with Crippen LogP contribution < -0.4 is 4.90 Å². The Morgan fingerprint density at radius 2 is 1.61 bits per heavy atom. The second-order valence-corrected chi connectivity index (χ2v) is 8.89. The van der Waals surface area contributed by atoms with Crippen LogP contribution in [0.2, 0.25) is 0 Å². The first kappa shape index (κ1) is 21.5. The van der Waals surface area contributed by atoms with Crippen molar-refractivity contribution in [2.24, 2.45) is 0 Å². The normalized spacial score (nSPS) is 16.6. The lowest BCUT2D eigenvalue weighted by molar-refractivity contribution is -0.137. The van der Waals surface area contributed by atoms with E-state index in [1.165, 1.54) is 17.8 Å². The highest BCUT2D eigenvalue weighted by atomic mass is 19.1. The average Bonchev–Trinajstić information content (AvgIpc) is 3.04. The van der Waals surface area contributed by atoms with Crippen LogP contribution in [0.5, 0.6) is 0 Å². The van der Waals surface area contributed by atoms with Gasteiger partial charge < -0.3 is 19.7 Å². The van der Waals surface area contributed by atoms with Gasteiger partial charge in [0.15, 0.2) is 0 Å². The SMILES string of the molecule is O=C(CCC(=O)N1CCCc2[nH]c3ccc(F)cc3c2C1)N1CCN(c2ccccc2)CC1. The van der Waals surface area contributed by atoms with Gasteiger partial charge in [0.2, 0.25) is 11.8 Å². The fourth-order valence-corrected chi connectivity index (χ4v) is 4.98. The predicted octanol–water partition coefficient (Wildman–Crippen LogP) is 3.71. The second kappa shape index (κ2) is 9.25. The first-order valence-electron chi connectivity index (χ1n) is 11.7. The molecule has 1 N–H and O–H groups in total. The molecule has 2 aliphatic rings. The quantitative estimate of drug-likeness (QED) is 0.662. The van der Waals surface area contributed by atoms with Gasteiger partial charge in [0.1, 0.15) is 5.82 Å². The molecule has 5 rings (SSSR count). The maximum Gasteiger partial charge on any atom is 0.223 e. The summed E-state index contributed by atoms with van der Waals surface area (Å²) >= 11 is 0. The summed E-state index contributed by atoms with van der Waals surface area (Å²) < 4.78 is 13.8. The highest BCUT2D eigenvalue weighted by molar-refractivity contribution is 5.87. The number of carbonyl (C=O) groups excluding carboxylic acids is 2. The van der Waals surface area contributed by atoms with Crippen LogP contribution >= 0.6 is 0 Å². The molecule has 3 aromatic rings. The number of benzene rings is 2. The number of aromatic amines is 1. The second-order valence-electron chi connectivity index (χ2n) is 8.89. The van der Waals surface area contributed by atoms with Gasteiger partial charge in [0.05, 0.1) is 0 Å². The minimum Gasteiger partial charge on any atom is -0.368 e. The molecular weight excluding hydrogens is 419 g/mol. The van der Waals surface area contributed by atoms with E-state index in [1.54, 1.807) is 6.07 Å². The summed E-state index contributed by atoms with van der Waals surface area (Å²) in [6.45, 7) is 4.07. The number of hydrogen-bond donors (Lipinski definition) is 1. The van der Waals surface area contributed by atoms with Crippen molar-refractivity contribution in [2.75, 3.05) is 37.6 Å². The molecule has 1 aromatic heterocycles. The Morgan fingerprint density at radius 3 is 2.36 bits per heavy atom. The summed E-state index contributed by atoms with van der Waals surface area (Å²) in [4.78, 5) is 35.1. The molecule has 0 radical (unpaired) electrons. The summed E-state index contributed by atoms with van der Waals surface area (Å²) in [6, 6.07) is 15.0. The standard InChI is InChI=1S/C26H29FN4O2/c27-19-8-9-24-21(17-19)22-18-31(12-4-7-23(22)28-24)26(33)11-10-25(32)30-15-13-29(14-16-30)20-5-2-1-3-6-20/h1-3,5-6,8-9,17,28H,4,7,10-16,18H2. The lowest BCUT2D eigenvalue weighted by atomic mass is 10.1. The molecule has 0 spiro atoms. The molecule has 7 heteroatoms. The molecule has 0 bridgehead atoms. The lowest BCUT2D eigenvalue weighted by Crippen LogP contribution is -2.49. The van der Waals surface area contributed by atoms with Gasteiger partial charge in [-0.05, 0) is 43.2 Å². The fourth-order valence-electron chi connectivity index (χ4n) is 4.98. The van der Waals surface area contributed by atoms with Crippen molar-refractivity contribution in [1.82, 2.24) is 14.8 Å². The number of nitrogens with zero attached hydrogens (tertiary/aromatic N) is 3. The van der Waals surface area contributed by atoms with Crippen molar-refractivity contribution in [2.45, 2.75) is 32.2 Å². The minimum absolute atomic E-state index is 0.00938. The van der Waals surface area contributed by atoms with E-state index in [-0.39, 0.29) is 30.5 Å². The fraction of sp³-hybridized carbons (Fsp3) is 0.385. The Kier molecular flexibility index (Phi) is 6.03. The molecule has 0 saturated carbocycles. The van der Waals surface area contributed by atoms with Crippen molar-refractivity contribution < 1.29 is 14.0 Å². The number of piperazine rings is 1. The Bertz CT molecular complexity index is 1150. The molecule has 0 unspecified atom stereocenters. The zero-order valence-electron chi connectivity index (χ0n) is 18.7. The molecule has 33 heavy (non-hydrogen) atoms. The van der Waals surface area contributed by atoms with E-state index in [4.69, 9.17) is 0 Å². The molecule has 6 nitrogen and oxygen atoms in total. The number of para-hydroxylation sites is 1. The summed E-state index contributed by atoms with van der Waals surface area (Å²) in [5, 5.41) is 0.845. The Hall–Kier alpha value is -3.35. The van der Waals surface area contributed by atoms with Gasteiger partial charge in [-0.2, -0.15) is 0 Å². The van der Waals surface area contributed by atoms with E-state index in [2.05, 4.69) is 22.0 Å². The van der Waals surface area contributed by atoms with Crippen LogP contribution in [0.25, 0.3) is 10.9 Å². The first-order chi connectivity index (χ1) is 16.1. The van der Waals surface area contributed by atoms with Crippen molar-refractivity contribution in [3.05, 3.63) is 65.6 Å². The maximum atomic E-state index is 13.8. The van der Waals surface area contributed by atoms with Crippen LogP contribution in [0.4, 0.5) is 10.1 Å². The molecule has 1 fully saturated rings. The maximum absolute atomic E-state index is 13.8. The number of hydrogen-bond acceptors (Lipinski definition) is 3. The summed E-state index contributed by atoms with van der Waals surface area (Å²) in [7, 11) is 0. The Morgan fingerprint density at radius 1 is 0.879 bits per heavy atom. The van der Waals surface area contributed by atoms with Gasteiger partial charge in [-0.25, -0.2) is 4.39 Å². The number of halogens is 1. The molecule has 2 aromatic carbocycles. The molecule has 2 aliphatic heterocycles. The third-order valence-electron chi connectivity index (χ3n) is 6.82. The molecular formula is C26H29FN4O2. The van der Waals surface area contributed by atoms with E-state index < -0.39 is 0 Å². The topological polar surface area (TPSA) is 59.7 Å². The highest BCUT2D eigenvalue weighted by Crippen LogP contribution is 2.28. The number of amides is 2. The zero-order valence-corrected chi connectivity index (χ0v) is 18.7. The average molecular weight is 449 g/mol. The first-order valence-corrected chi connectivity index (χ1v) is 11.7. The predicted molar refractivity (Wildman–Crippen MR) is 126 cm³/mol. The van der Waals surface area contributed by atoms with Gasteiger partial charge in [0, 0.05) is 80.0 Å². The van der Waals surface area contributed by atoms with Crippen LogP contribution in [-0.2, 0) is 22.6 Å². The van der Waals surface area contributed by atoms with E-state index in [0.29, 0.717) is 26.2 Å². The van der Waals surface area contributed by atoms with E-state index >= 15 is 0 Å². The van der Waals surface area contributed by atoms with Crippen molar-refractivity contribution in [3.8, 4) is 0 Å². The van der Waals surface area contributed by atoms with Crippen LogP contribution in [0.15, 0.2) is 48.5 Å². The number of aryl methyl sites for hydroxylation is 1. The summed E-state index contributed by atoms with van der Waals surface area (Å²) in [5.41, 5.74) is 4.16. The summed E-state index contributed by atoms with van der Waals surface area (Å²) in [5.74, 6) is -0.241. The molecule has 2 amide bonds. The highest BCUT2D eigenvalue weighted by Gasteiger charge is 2.25. The van der Waals surface area contributed by atoms with Gasteiger partial charge in [-0.1, -0.05) is 18.2 Å². The smallest absolute Gasteiger partial charge is 0.223 e. The van der Waals surface area contributed by atoms with E-state index in [0.717, 1.165) is 48.1 Å². The van der Waals surface area contributed by atoms with Crippen LogP contribution in [0.3, 0.4) is 0 Å². The molecule has 3 heterocycles. The number of aromatic nitrogens is 1. The minimum atomic E-state index is -0.274. The van der Waals surface area contributed by atoms with Gasteiger partial charge >= 0.3 is 0 Å². The van der Waals surface area contributed by atoms with E-state index in [9.17, 15) is 14.0 Å². The molecule has 0 atom stereocenters. The van der Waals surface area contributed by atoms with Crippen LogP contribution in [0, 0.1) is 5.82 Å². The van der Waals surface area contributed by atoms with Gasteiger partial charge in [0.25, 0.3) is 0 Å². The number of rotatable bonds is 4. The number of anilines is 1. The zero-order chi connectivity index (χ0) is 22.8. The van der Waals surface area contributed by atoms with Crippen molar-refractivity contribution in [3.63, 3.8) is 0 Å². The van der Waals surface area contributed by atoms with Gasteiger partial charge in [-0.15, -0.1) is 0 Å². The Balaban J connectivity index is 1.16. The monoisotopic (exact) mass is 448 g/mol.